The Kier molecular flexibility index (Phi) is 3.80. The van der Waals surface area contributed by atoms with Crippen molar-refractivity contribution in [3.05, 3.63) is 52.8 Å². The fourth-order valence-electron chi connectivity index (χ4n) is 2.45. The average Bonchev–Trinajstić information content (AvgIpc) is 2.68. The third-order valence-electron chi connectivity index (χ3n) is 3.35. The van der Waals surface area contributed by atoms with E-state index in [9.17, 15) is 4.79 Å². The first-order valence-electron chi connectivity index (χ1n) is 6.83. The molecule has 0 unspecified atom stereocenters. The molecule has 1 aliphatic heterocycles. The van der Waals surface area contributed by atoms with E-state index in [1.165, 1.54) is 0 Å². The number of halogens is 1. The van der Waals surface area contributed by atoms with Gasteiger partial charge in [0.2, 0.25) is 0 Å². The van der Waals surface area contributed by atoms with Gasteiger partial charge in [-0.05, 0) is 37.6 Å². The normalized spacial score (nSPS) is 14.1. The molecule has 0 saturated heterocycles. The van der Waals surface area contributed by atoms with Crippen LogP contribution in [0.1, 0.15) is 22.5 Å². The lowest BCUT2D eigenvalue weighted by Crippen LogP contribution is -2.31. The molecule has 0 radical (unpaired) electrons. The van der Waals surface area contributed by atoms with E-state index < -0.39 is 0 Å². The van der Waals surface area contributed by atoms with E-state index in [0.29, 0.717) is 23.9 Å². The molecule has 2 heterocycles. The minimum atomic E-state index is -0.0830. The summed E-state index contributed by atoms with van der Waals surface area (Å²) in [6.07, 6.45) is 0.790. The number of pyridine rings is 1. The summed E-state index contributed by atoms with van der Waals surface area (Å²) in [4.78, 5) is 18.6. The molecule has 1 aliphatic rings. The predicted molar refractivity (Wildman–Crippen MR) is 82.2 cm³/mol. The number of rotatable bonds is 1. The van der Waals surface area contributed by atoms with Gasteiger partial charge in [-0.25, -0.2) is 4.98 Å². The molecule has 0 aliphatic carbocycles. The number of anilines is 1. The monoisotopic (exact) mass is 302 g/mol. The van der Waals surface area contributed by atoms with Crippen molar-refractivity contribution >= 4 is 23.2 Å². The van der Waals surface area contributed by atoms with Crippen LogP contribution in [0, 0.1) is 6.92 Å². The number of carbonyl (C=O) groups is 1. The molecule has 1 aromatic heterocycles. The van der Waals surface area contributed by atoms with Crippen molar-refractivity contribution in [2.45, 2.75) is 13.3 Å². The Morgan fingerprint density at radius 2 is 2.14 bits per heavy atom. The van der Waals surface area contributed by atoms with Crippen LogP contribution in [0.25, 0.3) is 0 Å². The first kappa shape index (κ1) is 13.9. The van der Waals surface area contributed by atoms with Gasteiger partial charge >= 0.3 is 0 Å². The van der Waals surface area contributed by atoms with Crippen molar-refractivity contribution in [3.63, 3.8) is 0 Å². The van der Waals surface area contributed by atoms with E-state index in [4.69, 9.17) is 16.3 Å². The van der Waals surface area contributed by atoms with Crippen LogP contribution in [0.15, 0.2) is 36.4 Å². The molecule has 2 aromatic rings. The number of carbonyl (C=O) groups excluding carboxylic acids is 1. The van der Waals surface area contributed by atoms with E-state index in [-0.39, 0.29) is 5.91 Å². The number of fused-ring (bicyclic) bond motifs is 1. The van der Waals surface area contributed by atoms with Crippen molar-refractivity contribution in [3.8, 4) is 5.75 Å². The molecule has 0 bridgehead atoms. The molecule has 21 heavy (non-hydrogen) atoms. The lowest BCUT2D eigenvalue weighted by atomic mass is 10.1. The Balaban J connectivity index is 2.01. The fourth-order valence-corrected chi connectivity index (χ4v) is 2.70. The highest BCUT2D eigenvalue weighted by Crippen LogP contribution is 2.31. The highest BCUT2D eigenvalue weighted by Gasteiger charge is 2.23. The maximum atomic E-state index is 12.8. The summed E-state index contributed by atoms with van der Waals surface area (Å²) in [5.74, 6) is 0.653. The molecule has 5 heteroatoms. The summed E-state index contributed by atoms with van der Waals surface area (Å²) in [5, 5.41) is 0.331. The third-order valence-corrected chi connectivity index (χ3v) is 3.55. The standard InChI is InChI=1S/C16H15ClN2O2/c1-11-9-12(10-15(17)18-11)16(20)19-7-4-8-21-14-6-3-2-5-13(14)19/h2-3,5-6,9-10H,4,7-8H2,1H3. The van der Waals surface area contributed by atoms with Crippen molar-refractivity contribution in [1.82, 2.24) is 4.98 Å². The molecule has 0 fully saturated rings. The first-order chi connectivity index (χ1) is 10.1. The van der Waals surface area contributed by atoms with E-state index >= 15 is 0 Å². The average molecular weight is 303 g/mol. The van der Waals surface area contributed by atoms with Crippen LogP contribution in [0.4, 0.5) is 5.69 Å². The molecule has 0 N–H and O–H groups in total. The number of aryl methyl sites for hydroxylation is 1. The summed E-state index contributed by atoms with van der Waals surface area (Å²) in [6, 6.07) is 10.9. The van der Waals surface area contributed by atoms with Gasteiger partial charge in [0.15, 0.2) is 0 Å². The summed E-state index contributed by atoms with van der Waals surface area (Å²) in [6.45, 7) is 3.05. The van der Waals surface area contributed by atoms with Crippen LogP contribution in [-0.4, -0.2) is 24.0 Å². The van der Waals surface area contributed by atoms with Crippen molar-refractivity contribution in [2.24, 2.45) is 0 Å². The van der Waals surface area contributed by atoms with Gasteiger partial charge in [0.1, 0.15) is 10.9 Å². The molecule has 108 valence electrons. The summed E-state index contributed by atoms with van der Waals surface area (Å²) >= 11 is 5.96. The van der Waals surface area contributed by atoms with Gasteiger partial charge in [0.25, 0.3) is 5.91 Å². The molecule has 4 nitrogen and oxygen atoms in total. The summed E-state index contributed by atoms with van der Waals surface area (Å²) < 4.78 is 5.68. The second-order valence-corrected chi connectivity index (χ2v) is 5.33. The first-order valence-corrected chi connectivity index (χ1v) is 7.21. The number of amides is 1. The predicted octanol–water partition coefficient (Wildman–Crippen LogP) is 3.47. The molecule has 1 amide bonds. The smallest absolute Gasteiger partial charge is 0.258 e. The van der Waals surface area contributed by atoms with E-state index in [2.05, 4.69) is 4.98 Å². The molecule has 1 aromatic carbocycles. The van der Waals surface area contributed by atoms with Crippen LogP contribution in [0.3, 0.4) is 0 Å². The largest absolute Gasteiger partial charge is 0.491 e. The third kappa shape index (κ3) is 2.85. The number of para-hydroxylation sites is 2. The quantitative estimate of drug-likeness (QED) is 0.758. The molecule has 0 atom stereocenters. The maximum Gasteiger partial charge on any atom is 0.258 e. The second-order valence-electron chi connectivity index (χ2n) is 4.95. The minimum Gasteiger partial charge on any atom is -0.491 e. The number of hydrogen-bond donors (Lipinski definition) is 0. The molecule has 0 spiro atoms. The van der Waals surface area contributed by atoms with Gasteiger partial charge in [0, 0.05) is 17.8 Å². The Bertz CT molecular complexity index is 667. The van der Waals surface area contributed by atoms with Gasteiger partial charge in [0.05, 0.1) is 12.3 Å². The highest BCUT2D eigenvalue weighted by molar-refractivity contribution is 6.29. The molecular formula is C16H15ClN2O2. The lowest BCUT2D eigenvalue weighted by Gasteiger charge is -2.22. The Hall–Kier alpha value is -2.07. The topological polar surface area (TPSA) is 42.4 Å². The van der Waals surface area contributed by atoms with Gasteiger partial charge in [-0.15, -0.1) is 0 Å². The van der Waals surface area contributed by atoms with Gasteiger partial charge in [-0.2, -0.15) is 0 Å². The second kappa shape index (κ2) is 5.74. The number of hydrogen-bond acceptors (Lipinski definition) is 3. The van der Waals surface area contributed by atoms with E-state index in [1.807, 2.05) is 31.2 Å². The number of benzene rings is 1. The van der Waals surface area contributed by atoms with Gasteiger partial charge in [-0.1, -0.05) is 23.7 Å². The van der Waals surface area contributed by atoms with E-state index in [0.717, 1.165) is 23.6 Å². The Labute approximate surface area is 128 Å². The molecular weight excluding hydrogens is 288 g/mol. The SMILES string of the molecule is Cc1cc(C(=O)N2CCCOc3ccccc32)cc(Cl)n1. The Morgan fingerprint density at radius 3 is 2.95 bits per heavy atom. The van der Waals surface area contributed by atoms with Crippen LogP contribution >= 0.6 is 11.6 Å². The Morgan fingerprint density at radius 1 is 1.33 bits per heavy atom. The van der Waals surface area contributed by atoms with Crippen LogP contribution < -0.4 is 9.64 Å². The molecule has 0 saturated carbocycles. The van der Waals surface area contributed by atoms with E-state index in [1.54, 1.807) is 17.0 Å². The van der Waals surface area contributed by atoms with Gasteiger partial charge in [-0.3, -0.25) is 4.79 Å². The molecule has 3 rings (SSSR count). The fraction of sp³-hybridized carbons (Fsp3) is 0.250. The van der Waals surface area contributed by atoms with Crippen LogP contribution in [-0.2, 0) is 0 Å². The zero-order valence-electron chi connectivity index (χ0n) is 11.7. The van der Waals surface area contributed by atoms with Crippen molar-refractivity contribution in [2.75, 3.05) is 18.1 Å². The zero-order chi connectivity index (χ0) is 14.8. The van der Waals surface area contributed by atoms with Crippen molar-refractivity contribution in [1.29, 1.82) is 0 Å². The summed E-state index contributed by atoms with van der Waals surface area (Å²) in [5.41, 5.74) is 2.07. The van der Waals surface area contributed by atoms with Crippen LogP contribution in [0.5, 0.6) is 5.75 Å². The zero-order valence-corrected chi connectivity index (χ0v) is 12.4. The van der Waals surface area contributed by atoms with Crippen LogP contribution in [0.2, 0.25) is 5.15 Å². The lowest BCUT2D eigenvalue weighted by molar-refractivity contribution is 0.0987. The van der Waals surface area contributed by atoms with Gasteiger partial charge < -0.3 is 9.64 Å². The highest BCUT2D eigenvalue weighted by atomic mass is 35.5. The summed E-state index contributed by atoms with van der Waals surface area (Å²) in [7, 11) is 0. The number of nitrogens with zero attached hydrogens (tertiary/aromatic N) is 2. The van der Waals surface area contributed by atoms with Crippen molar-refractivity contribution < 1.29 is 9.53 Å². The number of aromatic nitrogens is 1. The number of ether oxygens (including phenoxy) is 1. The minimum absolute atomic E-state index is 0.0830. The maximum absolute atomic E-state index is 12.8.